The van der Waals surface area contributed by atoms with Crippen molar-refractivity contribution in [2.45, 2.75) is 45.4 Å². The number of hydrogen-bond donors (Lipinski definition) is 0. The molecule has 1 aromatic carbocycles. The summed E-state index contributed by atoms with van der Waals surface area (Å²) in [6.07, 6.45) is 0.965. The van der Waals surface area contributed by atoms with Gasteiger partial charge in [-0.05, 0) is 18.6 Å². The molecule has 0 aliphatic carbocycles. The van der Waals surface area contributed by atoms with Crippen LogP contribution in [0.15, 0.2) is 29.2 Å². The Labute approximate surface area is 153 Å². The summed E-state index contributed by atoms with van der Waals surface area (Å²) in [5.74, 6) is -1.64. The van der Waals surface area contributed by atoms with Crippen LogP contribution in [0.5, 0.6) is 5.75 Å². The zero-order valence-electron chi connectivity index (χ0n) is 15.1. The number of hydrogen-bond acceptors (Lipinski definition) is 6. The number of para-hydroxylation sites is 1. The molecule has 144 valence electrons. The van der Waals surface area contributed by atoms with Crippen molar-refractivity contribution in [2.75, 3.05) is 5.75 Å². The van der Waals surface area contributed by atoms with Crippen molar-refractivity contribution in [3.8, 4) is 5.75 Å². The molecule has 1 rings (SSSR count). The minimum atomic E-state index is -4.60. The van der Waals surface area contributed by atoms with Crippen LogP contribution < -0.4 is 4.18 Å². The molecule has 0 aliphatic heterocycles. The highest BCUT2D eigenvalue weighted by Crippen LogP contribution is 2.28. The molecule has 0 amide bonds. The third-order valence-electron chi connectivity index (χ3n) is 3.32. The van der Waals surface area contributed by atoms with Crippen LogP contribution in [0.3, 0.4) is 0 Å². The molecule has 8 nitrogen and oxygen atoms in total. The molecule has 0 fully saturated rings. The van der Waals surface area contributed by atoms with Gasteiger partial charge in [-0.2, -0.15) is 8.42 Å². The zero-order chi connectivity index (χ0) is 20.2. The quantitative estimate of drug-likeness (QED) is 0.226. The first kappa shape index (κ1) is 22.0. The van der Waals surface area contributed by atoms with Gasteiger partial charge in [-0.1, -0.05) is 46.2 Å². The average molecular weight is 402 g/mol. The Hall–Kier alpha value is -2.03. The Morgan fingerprint density at radius 3 is 2.23 bits per heavy atom. The fourth-order valence-corrected chi connectivity index (χ4v) is 4.58. The molecule has 0 bridgehead atoms. The molecule has 0 heterocycles. The van der Waals surface area contributed by atoms with Gasteiger partial charge in [0.05, 0.1) is 5.75 Å². The number of Topliss-reactive ketones (excluding diaryl/α,β-unsaturated/α-hetero) is 1. The molecule has 0 atom stereocenters. The van der Waals surface area contributed by atoms with Gasteiger partial charge in [-0.3, -0.25) is 4.79 Å². The SMILES string of the molecule is CCCCS(=O)(=O)Oc1ccccc1S(=O)(=O)C(=[N+]=[N-])C(=O)C(C)(C)C. The minimum absolute atomic E-state index is 0.278. The van der Waals surface area contributed by atoms with Crippen molar-refractivity contribution in [3.05, 3.63) is 29.8 Å². The zero-order valence-corrected chi connectivity index (χ0v) is 16.7. The Morgan fingerprint density at radius 1 is 1.15 bits per heavy atom. The van der Waals surface area contributed by atoms with E-state index in [4.69, 9.17) is 9.71 Å². The average Bonchev–Trinajstić information content (AvgIpc) is 2.52. The van der Waals surface area contributed by atoms with Gasteiger partial charge in [0.1, 0.15) is 4.90 Å². The smallest absolute Gasteiger partial charge is 0.381 e. The third kappa shape index (κ3) is 5.23. The lowest BCUT2D eigenvalue weighted by Gasteiger charge is -2.14. The van der Waals surface area contributed by atoms with E-state index in [1.807, 2.05) is 0 Å². The molecular weight excluding hydrogens is 380 g/mol. The molecule has 0 saturated heterocycles. The van der Waals surface area contributed by atoms with E-state index in [-0.39, 0.29) is 5.75 Å². The number of unbranched alkanes of at least 4 members (excludes halogenated alkanes) is 1. The number of nitrogens with zero attached hydrogens (tertiary/aromatic N) is 2. The maximum atomic E-state index is 12.8. The number of benzene rings is 1. The molecule has 0 aliphatic rings. The summed E-state index contributed by atoms with van der Waals surface area (Å²) in [7, 11) is -8.61. The first-order valence-electron chi connectivity index (χ1n) is 7.90. The molecule has 0 aromatic heterocycles. The summed E-state index contributed by atoms with van der Waals surface area (Å²) >= 11 is 0. The second-order valence-electron chi connectivity index (χ2n) is 6.63. The fraction of sp³-hybridized carbons (Fsp3) is 0.500. The Bertz CT molecular complexity index is 937. The standard InChI is InChI=1S/C16H22N2O6S2/c1-5-6-11-25(20,21)24-12-9-7-8-10-13(12)26(22,23)15(18-17)14(19)16(2,3)4/h7-10H,5-6,11H2,1-4H3. The fourth-order valence-electron chi connectivity index (χ4n) is 1.89. The van der Waals surface area contributed by atoms with Gasteiger partial charge >= 0.3 is 15.2 Å². The van der Waals surface area contributed by atoms with Gasteiger partial charge < -0.3 is 9.71 Å². The normalized spacial score (nSPS) is 12.3. The molecule has 26 heavy (non-hydrogen) atoms. The summed E-state index contributed by atoms with van der Waals surface area (Å²) < 4.78 is 54.5. The Kier molecular flexibility index (Phi) is 6.87. The second kappa shape index (κ2) is 8.11. The van der Waals surface area contributed by atoms with Crippen molar-refractivity contribution in [1.29, 1.82) is 0 Å². The molecular formula is C16H22N2O6S2. The summed E-state index contributed by atoms with van der Waals surface area (Å²) in [5, 5.41) is -1.08. The predicted octanol–water partition coefficient (Wildman–Crippen LogP) is 2.21. The molecule has 1 aromatic rings. The van der Waals surface area contributed by atoms with Crippen LogP contribution in [0.25, 0.3) is 5.53 Å². The third-order valence-corrected chi connectivity index (χ3v) is 6.24. The summed E-state index contributed by atoms with van der Waals surface area (Å²) in [5.41, 5.74) is 8.00. The lowest BCUT2D eigenvalue weighted by molar-refractivity contribution is -0.123. The first-order valence-corrected chi connectivity index (χ1v) is 11.0. The van der Waals surface area contributed by atoms with Crippen molar-refractivity contribution in [3.63, 3.8) is 0 Å². The van der Waals surface area contributed by atoms with Crippen LogP contribution in [-0.4, -0.2) is 38.2 Å². The largest absolute Gasteiger partial charge is 0.452 e. The van der Waals surface area contributed by atoms with E-state index in [1.54, 1.807) is 6.92 Å². The van der Waals surface area contributed by atoms with Crippen LogP contribution >= 0.6 is 0 Å². The second-order valence-corrected chi connectivity index (χ2v) is 10.2. The highest BCUT2D eigenvalue weighted by molar-refractivity contribution is 8.08. The first-order chi connectivity index (χ1) is 11.9. The molecule has 0 unspecified atom stereocenters. The van der Waals surface area contributed by atoms with E-state index in [0.29, 0.717) is 12.8 Å². The van der Waals surface area contributed by atoms with Crippen LogP contribution in [0.2, 0.25) is 0 Å². The number of carbonyl (C=O) groups excluding carboxylic acids is 1. The van der Waals surface area contributed by atoms with E-state index < -0.39 is 46.8 Å². The molecule has 0 spiro atoms. The number of sulfone groups is 1. The van der Waals surface area contributed by atoms with Gasteiger partial charge in [0.2, 0.25) is 0 Å². The topological polar surface area (TPSA) is 131 Å². The summed E-state index contributed by atoms with van der Waals surface area (Å²) in [4.78, 5) is 14.4. The van der Waals surface area contributed by atoms with Crippen molar-refractivity contribution < 1.29 is 30.6 Å². The van der Waals surface area contributed by atoms with Gasteiger partial charge in [0, 0.05) is 5.41 Å². The van der Waals surface area contributed by atoms with E-state index in [2.05, 4.69) is 4.79 Å². The molecule has 0 radical (unpaired) electrons. The van der Waals surface area contributed by atoms with Crippen LogP contribution in [0.1, 0.15) is 40.5 Å². The maximum Gasteiger partial charge on any atom is 0.452 e. The van der Waals surface area contributed by atoms with Crippen LogP contribution in [-0.2, 0) is 24.7 Å². The lowest BCUT2D eigenvalue weighted by Crippen LogP contribution is -2.35. The van der Waals surface area contributed by atoms with E-state index in [0.717, 1.165) is 12.1 Å². The van der Waals surface area contributed by atoms with Crippen molar-refractivity contribution in [1.82, 2.24) is 0 Å². The van der Waals surface area contributed by atoms with Gasteiger partial charge in [0.25, 0.3) is 15.6 Å². The van der Waals surface area contributed by atoms with Crippen LogP contribution in [0, 0.1) is 5.41 Å². The van der Waals surface area contributed by atoms with Crippen molar-refractivity contribution >= 4 is 30.8 Å². The predicted molar refractivity (Wildman–Crippen MR) is 96.0 cm³/mol. The van der Waals surface area contributed by atoms with E-state index in [1.165, 1.54) is 32.9 Å². The maximum absolute atomic E-state index is 12.8. The van der Waals surface area contributed by atoms with E-state index in [9.17, 15) is 21.6 Å². The summed E-state index contributed by atoms with van der Waals surface area (Å²) in [6.45, 7) is 6.20. The Morgan fingerprint density at radius 2 is 1.73 bits per heavy atom. The molecule has 0 N–H and O–H groups in total. The lowest BCUT2D eigenvalue weighted by atomic mass is 9.91. The molecule has 10 heteroatoms. The van der Waals surface area contributed by atoms with Crippen LogP contribution in [0.4, 0.5) is 0 Å². The highest BCUT2D eigenvalue weighted by Gasteiger charge is 2.44. The number of rotatable bonds is 7. The Balaban J connectivity index is 3.44. The number of carbonyl (C=O) groups is 1. The van der Waals surface area contributed by atoms with E-state index >= 15 is 0 Å². The minimum Gasteiger partial charge on any atom is -0.381 e. The monoisotopic (exact) mass is 402 g/mol. The number of ketones is 1. The molecule has 0 saturated carbocycles. The van der Waals surface area contributed by atoms with Gasteiger partial charge in [0.15, 0.2) is 5.75 Å². The summed E-state index contributed by atoms with van der Waals surface area (Å²) in [6, 6.07) is 4.98. The van der Waals surface area contributed by atoms with Gasteiger partial charge in [-0.25, -0.2) is 8.42 Å². The van der Waals surface area contributed by atoms with Gasteiger partial charge in [-0.15, -0.1) is 4.79 Å². The van der Waals surface area contributed by atoms with Crippen molar-refractivity contribution in [2.24, 2.45) is 5.41 Å². The highest BCUT2D eigenvalue weighted by atomic mass is 32.2.